The lowest BCUT2D eigenvalue weighted by molar-refractivity contribution is 0.00728. The smallest absolute Gasteiger partial charge is 0.410 e. The number of ether oxygens (including phenoxy) is 2. The van der Waals surface area contributed by atoms with Crippen LogP contribution in [0, 0.1) is 6.92 Å². The van der Waals surface area contributed by atoms with Gasteiger partial charge in [-0.2, -0.15) is 0 Å². The van der Waals surface area contributed by atoms with E-state index in [1.54, 1.807) is 22.8 Å². The second kappa shape index (κ2) is 11.3. The molecule has 216 valence electrons. The Labute approximate surface area is 239 Å². The van der Waals surface area contributed by atoms with E-state index < -0.39 is 23.8 Å². The number of likely N-dealkylation sites (tertiary alicyclic amines) is 1. The van der Waals surface area contributed by atoms with Gasteiger partial charge in [0.2, 0.25) is 5.76 Å². The van der Waals surface area contributed by atoms with Crippen LogP contribution in [0.2, 0.25) is 0 Å². The Morgan fingerprint density at radius 1 is 1.05 bits per heavy atom. The van der Waals surface area contributed by atoms with Crippen molar-refractivity contribution in [3.8, 4) is 11.1 Å². The molecule has 5 rings (SSSR count). The first-order valence-electron chi connectivity index (χ1n) is 13.9. The van der Waals surface area contributed by atoms with Crippen molar-refractivity contribution in [3.05, 3.63) is 82.8 Å². The standard InChI is InChI=1S/C32H36N2O7/c1-20-16-22(40-28(20)29(35)36)18-34(21-10-9-15-33(17-21)30(37)41-32(2,3)4)31(38)39-19-27-25-13-7-5-11-23(25)24-12-6-8-14-26(24)27/h5-8,11-14,16,21,27H,9-10,15,17-19H2,1-4H3,(H,35,36)/t21-/m0/s1. The molecule has 9 nitrogen and oxygen atoms in total. The highest BCUT2D eigenvalue weighted by atomic mass is 16.6. The SMILES string of the molecule is Cc1cc(CN(C(=O)OCC2c3ccccc3-c3ccccc32)[C@H]2CCCN(C(=O)OC(C)(C)C)C2)oc1C(=O)O. The molecule has 1 aliphatic carbocycles. The summed E-state index contributed by atoms with van der Waals surface area (Å²) in [5.41, 5.74) is 4.31. The van der Waals surface area contributed by atoms with Crippen LogP contribution in [0.5, 0.6) is 0 Å². The maximum absolute atomic E-state index is 13.8. The predicted octanol–water partition coefficient (Wildman–Crippen LogP) is 6.44. The average Bonchev–Trinajstić information content (AvgIpc) is 3.47. The fraction of sp³-hybridized carbons (Fsp3) is 0.406. The van der Waals surface area contributed by atoms with E-state index in [2.05, 4.69) is 24.3 Å². The van der Waals surface area contributed by atoms with Crippen LogP contribution >= 0.6 is 0 Å². The van der Waals surface area contributed by atoms with Crippen molar-refractivity contribution in [1.82, 2.24) is 9.80 Å². The molecule has 2 aromatic carbocycles. The third-order valence-electron chi connectivity index (χ3n) is 7.55. The van der Waals surface area contributed by atoms with Gasteiger partial charge in [-0.25, -0.2) is 14.4 Å². The number of hydrogen-bond acceptors (Lipinski definition) is 6. The highest BCUT2D eigenvalue weighted by Gasteiger charge is 2.36. The van der Waals surface area contributed by atoms with Crippen LogP contribution in [-0.2, 0) is 16.0 Å². The zero-order chi connectivity index (χ0) is 29.3. The predicted molar refractivity (Wildman–Crippen MR) is 152 cm³/mol. The van der Waals surface area contributed by atoms with E-state index in [-0.39, 0.29) is 37.4 Å². The molecule has 0 radical (unpaired) electrons. The highest BCUT2D eigenvalue weighted by molar-refractivity contribution is 5.86. The number of nitrogens with zero attached hydrogens (tertiary/aromatic N) is 2. The number of carbonyl (C=O) groups is 3. The number of furan rings is 1. The number of piperidine rings is 1. The van der Waals surface area contributed by atoms with E-state index in [9.17, 15) is 19.5 Å². The van der Waals surface area contributed by atoms with Crippen LogP contribution in [0.1, 0.15) is 72.5 Å². The fourth-order valence-corrected chi connectivity index (χ4v) is 5.73. The molecule has 9 heteroatoms. The number of amides is 2. The number of fused-ring (bicyclic) bond motifs is 3. The number of benzene rings is 2. The van der Waals surface area contributed by atoms with Crippen LogP contribution in [0.15, 0.2) is 59.0 Å². The summed E-state index contributed by atoms with van der Waals surface area (Å²) in [4.78, 5) is 41.4. The molecule has 1 atom stereocenters. The summed E-state index contributed by atoms with van der Waals surface area (Å²) in [7, 11) is 0. The molecule has 1 aromatic heterocycles. The van der Waals surface area contributed by atoms with Crippen LogP contribution in [-0.4, -0.2) is 64.4 Å². The molecule has 1 N–H and O–H groups in total. The van der Waals surface area contributed by atoms with Gasteiger partial charge >= 0.3 is 18.2 Å². The van der Waals surface area contributed by atoms with Gasteiger partial charge < -0.3 is 23.9 Å². The van der Waals surface area contributed by atoms with Gasteiger partial charge in [0.25, 0.3) is 0 Å². The summed E-state index contributed by atoms with van der Waals surface area (Å²) in [6, 6.07) is 17.5. The summed E-state index contributed by atoms with van der Waals surface area (Å²) >= 11 is 0. The van der Waals surface area contributed by atoms with Crippen molar-refractivity contribution in [1.29, 1.82) is 0 Å². The highest BCUT2D eigenvalue weighted by Crippen LogP contribution is 2.44. The molecule has 2 heterocycles. The molecule has 41 heavy (non-hydrogen) atoms. The molecule has 0 spiro atoms. The van der Waals surface area contributed by atoms with E-state index in [4.69, 9.17) is 13.9 Å². The van der Waals surface area contributed by atoms with Gasteiger partial charge in [-0.15, -0.1) is 0 Å². The van der Waals surface area contributed by atoms with Gasteiger partial charge in [-0.1, -0.05) is 48.5 Å². The van der Waals surface area contributed by atoms with Gasteiger partial charge in [-0.3, -0.25) is 4.90 Å². The molecule has 0 saturated carbocycles. The number of aryl methyl sites for hydroxylation is 1. The summed E-state index contributed by atoms with van der Waals surface area (Å²) in [6.45, 7) is 8.04. The van der Waals surface area contributed by atoms with E-state index in [0.29, 0.717) is 30.7 Å². The normalized spacial score (nSPS) is 16.6. The van der Waals surface area contributed by atoms with Crippen LogP contribution in [0.3, 0.4) is 0 Å². The zero-order valence-electron chi connectivity index (χ0n) is 23.9. The molecule has 0 unspecified atom stereocenters. The molecule has 1 saturated heterocycles. The van der Waals surface area contributed by atoms with Gasteiger partial charge in [0.1, 0.15) is 18.0 Å². The van der Waals surface area contributed by atoms with Crippen molar-refractivity contribution >= 4 is 18.2 Å². The maximum atomic E-state index is 13.8. The topological polar surface area (TPSA) is 110 Å². The lowest BCUT2D eigenvalue weighted by Gasteiger charge is -2.39. The van der Waals surface area contributed by atoms with E-state index >= 15 is 0 Å². The van der Waals surface area contributed by atoms with Crippen molar-refractivity contribution in [2.75, 3.05) is 19.7 Å². The first kappa shape index (κ1) is 28.3. The number of carboxylic acid groups (broad SMARTS) is 1. The first-order valence-corrected chi connectivity index (χ1v) is 13.9. The largest absolute Gasteiger partial charge is 0.475 e. The monoisotopic (exact) mass is 560 g/mol. The Kier molecular flexibility index (Phi) is 7.80. The van der Waals surface area contributed by atoms with E-state index in [1.807, 2.05) is 45.0 Å². The summed E-state index contributed by atoms with van der Waals surface area (Å²) in [5, 5.41) is 9.47. The van der Waals surface area contributed by atoms with Crippen molar-refractivity contribution in [2.24, 2.45) is 0 Å². The van der Waals surface area contributed by atoms with Gasteiger partial charge in [0.15, 0.2) is 0 Å². The number of rotatable bonds is 6. The fourth-order valence-electron chi connectivity index (χ4n) is 5.73. The van der Waals surface area contributed by atoms with E-state index in [0.717, 1.165) is 22.3 Å². The maximum Gasteiger partial charge on any atom is 0.410 e. The lowest BCUT2D eigenvalue weighted by atomic mass is 9.98. The zero-order valence-corrected chi connectivity index (χ0v) is 23.9. The van der Waals surface area contributed by atoms with Crippen molar-refractivity contribution < 1.29 is 33.4 Å². The van der Waals surface area contributed by atoms with Crippen LogP contribution in [0.4, 0.5) is 9.59 Å². The Bertz CT molecular complexity index is 1410. The van der Waals surface area contributed by atoms with Gasteiger partial charge in [0, 0.05) is 24.6 Å². The van der Waals surface area contributed by atoms with Crippen molar-refractivity contribution in [3.63, 3.8) is 0 Å². The molecule has 1 aliphatic heterocycles. The Balaban J connectivity index is 1.38. The molecule has 0 bridgehead atoms. The number of aromatic carboxylic acids is 1. The molecule has 2 amide bonds. The number of carboxylic acids is 1. The first-order chi connectivity index (χ1) is 19.5. The Morgan fingerprint density at radius 2 is 1.68 bits per heavy atom. The van der Waals surface area contributed by atoms with Crippen LogP contribution < -0.4 is 0 Å². The third kappa shape index (κ3) is 6.09. The summed E-state index contributed by atoms with van der Waals surface area (Å²) in [5.74, 6) is -1.10. The summed E-state index contributed by atoms with van der Waals surface area (Å²) < 4.78 is 17.2. The molecule has 1 fully saturated rings. The Morgan fingerprint density at radius 3 is 2.27 bits per heavy atom. The number of hydrogen-bond donors (Lipinski definition) is 1. The third-order valence-corrected chi connectivity index (χ3v) is 7.55. The Hall–Kier alpha value is -4.27. The molecule has 2 aliphatic rings. The van der Waals surface area contributed by atoms with Gasteiger partial charge in [-0.05, 0) is 68.9 Å². The summed E-state index contributed by atoms with van der Waals surface area (Å²) in [6.07, 6.45) is 0.342. The van der Waals surface area contributed by atoms with Gasteiger partial charge in [0.05, 0.1) is 12.6 Å². The average molecular weight is 561 g/mol. The minimum atomic E-state index is -1.17. The second-order valence-corrected chi connectivity index (χ2v) is 11.7. The minimum Gasteiger partial charge on any atom is -0.475 e. The number of carbonyl (C=O) groups excluding carboxylic acids is 2. The van der Waals surface area contributed by atoms with Crippen LogP contribution in [0.25, 0.3) is 11.1 Å². The molecular formula is C32H36N2O7. The molecular weight excluding hydrogens is 524 g/mol. The minimum absolute atomic E-state index is 0.0115. The van der Waals surface area contributed by atoms with E-state index in [1.165, 1.54) is 0 Å². The lowest BCUT2D eigenvalue weighted by Crippen LogP contribution is -2.52. The second-order valence-electron chi connectivity index (χ2n) is 11.7. The molecule has 3 aromatic rings. The van der Waals surface area contributed by atoms with Crippen molar-refractivity contribution in [2.45, 2.75) is 64.6 Å². The quantitative estimate of drug-likeness (QED) is 0.370.